The summed E-state index contributed by atoms with van der Waals surface area (Å²) in [6.07, 6.45) is 5.16. The number of aromatic nitrogens is 2. The Balaban J connectivity index is 1.69. The lowest BCUT2D eigenvalue weighted by Crippen LogP contribution is -2.41. The van der Waals surface area contributed by atoms with Crippen LogP contribution in [0.25, 0.3) is 5.65 Å². The number of pyridine rings is 1. The van der Waals surface area contributed by atoms with Gasteiger partial charge in [0.1, 0.15) is 5.65 Å². The molecule has 0 spiro atoms. The molecule has 1 aliphatic heterocycles. The van der Waals surface area contributed by atoms with Gasteiger partial charge in [0.05, 0.1) is 18.8 Å². The van der Waals surface area contributed by atoms with Crippen molar-refractivity contribution in [2.24, 2.45) is 10.9 Å². The van der Waals surface area contributed by atoms with Gasteiger partial charge in [0.25, 0.3) is 0 Å². The molecule has 24 heavy (non-hydrogen) atoms. The molecule has 6 nitrogen and oxygen atoms in total. The maximum Gasteiger partial charge on any atom is 0.194 e. The van der Waals surface area contributed by atoms with Gasteiger partial charge in [0.15, 0.2) is 5.96 Å². The summed E-state index contributed by atoms with van der Waals surface area (Å²) in [7, 11) is 2.08. The molecule has 7 heteroatoms. The predicted molar refractivity (Wildman–Crippen MR) is 99.3 cm³/mol. The third kappa shape index (κ3) is 4.27. The lowest BCUT2D eigenvalue weighted by molar-refractivity contribution is 0.181. The van der Waals surface area contributed by atoms with Gasteiger partial charge in [0, 0.05) is 49.5 Å². The number of rotatable bonds is 5. The SMILES string of the molecule is CCNC(=NCc1cn2cc(Br)ccc2n1)N(C)CC1CCOC1. The van der Waals surface area contributed by atoms with Crippen molar-refractivity contribution >= 4 is 27.5 Å². The van der Waals surface area contributed by atoms with Crippen LogP contribution in [0.15, 0.2) is 34.0 Å². The monoisotopic (exact) mass is 393 g/mol. The Morgan fingerprint density at radius 1 is 1.50 bits per heavy atom. The highest BCUT2D eigenvalue weighted by Gasteiger charge is 2.19. The Bertz CT molecular complexity index is 708. The van der Waals surface area contributed by atoms with Gasteiger partial charge in [-0.05, 0) is 41.4 Å². The van der Waals surface area contributed by atoms with Crippen molar-refractivity contribution in [3.05, 3.63) is 34.7 Å². The van der Waals surface area contributed by atoms with E-state index in [0.717, 1.165) is 54.5 Å². The Labute approximate surface area is 151 Å². The Morgan fingerprint density at radius 3 is 3.12 bits per heavy atom. The minimum atomic E-state index is 0.563. The predicted octanol–water partition coefficient (Wildman–Crippen LogP) is 2.53. The Hall–Kier alpha value is -1.60. The molecule has 1 saturated heterocycles. The molecule has 0 amide bonds. The number of nitrogens with zero attached hydrogens (tertiary/aromatic N) is 4. The molecule has 2 aromatic rings. The van der Waals surface area contributed by atoms with Crippen molar-refractivity contribution < 1.29 is 4.74 Å². The lowest BCUT2D eigenvalue weighted by Gasteiger charge is -2.24. The van der Waals surface area contributed by atoms with E-state index in [1.807, 2.05) is 28.9 Å². The summed E-state index contributed by atoms with van der Waals surface area (Å²) < 4.78 is 8.52. The highest BCUT2D eigenvalue weighted by Crippen LogP contribution is 2.14. The molecule has 1 fully saturated rings. The fourth-order valence-electron chi connectivity index (χ4n) is 2.92. The molecule has 0 saturated carbocycles. The first-order valence-electron chi connectivity index (χ1n) is 8.36. The highest BCUT2D eigenvalue weighted by molar-refractivity contribution is 9.10. The zero-order chi connectivity index (χ0) is 16.9. The van der Waals surface area contributed by atoms with Gasteiger partial charge in [-0.2, -0.15) is 0 Å². The van der Waals surface area contributed by atoms with E-state index in [9.17, 15) is 0 Å². The summed E-state index contributed by atoms with van der Waals surface area (Å²) >= 11 is 3.48. The largest absolute Gasteiger partial charge is 0.381 e. The first-order valence-corrected chi connectivity index (χ1v) is 9.15. The molecule has 130 valence electrons. The second-order valence-corrected chi connectivity index (χ2v) is 7.04. The van der Waals surface area contributed by atoms with Crippen LogP contribution in [0, 0.1) is 5.92 Å². The summed E-state index contributed by atoms with van der Waals surface area (Å²) in [6.45, 7) is 6.19. The molecule has 0 radical (unpaired) electrons. The van der Waals surface area contributed by atoms with Crippen LogP contribution in [0.5, 0.6) is 0 Å². The second kappa shape index (κ2) is 7.98. The van der Waals surface area contributed by atoms with Crippen molar-refractivity contribution in [3.63, 3.8) is 0 Å². The van der Waals surface area contributed by atoms with E-state index in [1.54, 1.807) is 0 Å². The van der Waals surface area contributed by atoms with Crippen molar-refractivity contribution in [1.29, 1.82) is 0 Å². The number of imidazole rings is 1. The minimum absolute atomic E-state index is 0.563. The van der Waals surface area contributed by atoms with E-state index in [4.69, 9.17) is 9.73 Å². The van der Waals surface area contributed by atoms with Gasteiger partial charge >= 0.3 is 0 Å². The van der Waals surface area contributed by atoms with Crippen LogP contribution in [0.2, 0.25) is 0 Å². The number of hydrogen-bond donors (Lipinski definition) is 1. The molecule has 1 N–H and O–H groups in total. The maximum atomic E-state index is 5.47. The summed E-state index contributed by atoms with van der Waals surface area (Å²) in [5.74, 6) is 1.51. The van der Waals surface area contributed by atoms with Crippen LogP contribution in [0.3, 0.4) is 0 Å². The number of nitrogens with one attached hydrogen (secondary N) is 1. The Morgan fingerprint density at radius 2 is 2.38 bits per heavy atom. The molecule has 1 unspecified atom stereocenters. The minimum Gasteiger partial charge on any atom is -0.381 e. The van der Waals surface area contributed by atoms with E-state index in [2.05, 4.69) is 45.1 Å². The smallest absolute Gasteiger partial charge is 0.194 e. The van der Waals surface area contributed by atoms with Crippen LogP contribution in [0.1, 0.15) is 19.0 Å². The molecular weight excluding hydrogens is 370 g/mol. The third-order valence-electron chi connectivity index (χ3n) is 4.11. The number of aliphatic imine (C=N–C) groups is 1. The van der Waals surface area contributed by atoms with E-state index in [-0.39, 0.29) is 0 Å². The molecule has 1 aliphatic rings. The fourth-order valence-corrected chi connectivity index (χ4v) is 3.27. The summed E-state index contributed by atoms with van der Waals surface area (Å²) in [5.41, 5.74) is 1.89. The second-order valence-electron chi connectivity index (χ2n) is 6.13. The zero-order valence-corrected chi connectivity index (χ0v) is 15.8. The van der Waals surface area contributed by atoms with Crippen LogP contribution >= 0.6 is 15.9 Å². The van der Waals surface area contributed by atoms with E-state index in [0.29, 0.717) is 12.5 Å². The van der Waals surface area contributed by atoms with Crippen LogP contribution in [-0.2, 0) is 11.3 Å². The first kappa shape index (κ1) is 17.2. The molecule has 1 atom stereocenters. The number of hydrogen-bond acceptors (Lipinski definition) is 3. The average Bonchev–Trinajstić information content (AvgIpc) is 3.20. The van der Waals surface area contributed by atoms with Gasteiger partial charge in [-0.15, -0.1) is 0 Å². The first-order chi connectivity index (χ1) is 11.7. The molecule has 2 aromatic heterocycles. The highest BCUT2D eigenvalue weighted by atomic mass is 79.9. The van der Waals surface area contributed by atoms with E-state index < -0.39 is 0 Å². The van der Waals surface area contributed by atoms with Crippen molar-refractivity contribution in [3.8, 4) is 0 Å². The number of guanidine groups is 1. The molecular formula is C17H24BrN5O. The third-order valence-corrected chi connectivity index (χ3v) is 4.58. The van der Waals surface area contributed by atoms with Crippen LogP contribution < -0.4 is 5.32 Å². The number of ether oxygens (including phenoxy) is 1. The molecule has 0 aliphatic carbocycles. The van der Waals surface area contributed by atoms with Gasteiger partial charge in [-0.3, -0.25) is 0 Å². The summed E-state index contributed by atoms with van der Waals surface area (Å²) in [5, 5.41) is 3.36. The van der Waals surface area contributed by atoms with Gasteiger partial charge in [-0.25, -0.2) is 9.98 Å². The topological polar surface area (TPSA) is 54.2 Å². The van der Waals surface area contributed by atoms with Crippen molar-refractivity contribution in [1.82, 2.24) is 19.6 Å². The van der Waals surface area contributed by atoms with Crippen LogP contribution in [-0.4, -0.2) is 53.6 Å². The zero-order valence-electron chi connectivity index (χ0n) is 14.2. The normalized spacial score (nSPS) is 18.3. The van der Waals surface area contributed by atoms with E-state index >= 15 is 0 Å². The maximum absolute atomic E-state index is 5.47. The quantitative estimate of drug-likeness (QED) is 0.626. The fraction of sp³-hybridized carbons (Fsp3) is 0.529. The summed E-state index contributed by atoms with van der Waals surface area (Å²) in [6, 6.07) is 3.99. The number of halogens is 1. The standard InChI is InChI=1S/C17H24BrN5O/c1-3-19-17(22(2)9-13-6-7-24-12-13)20-8-15-11-23-10-14(18)4-5-16(23)21-15/h4-5,10-11,13H,3,6-9,12H2,1-2H3,(H,19,20). The molecule has 0 aromatic carbocycles. The molecule has 0 bridgehead atoms. The average molecular weight is 394 g/mol. The summed E-state index contributed by atoms with van der Waals surface area (Å²) in [4.78, 5) is 11.6. The Kier molecular flexibility index (Phi) is 5.73. The molecule has 3 rings (SSSR count). The molecule has 3 heterocycles. The van der Waals surface area contributed by atoms with Gasteiger partial charge in [-0.1, -0.05) is 0 Å². The van der Waals surface area contributed by atoms with Crippen LogP contribution in [0.4, 0.5) is 0 Å². The van der Waals surface area contributed by atoms with Gasteiger partial charge < -0.3 is 19.4 Å². The number of fused-ring (bicyclic) bond motifs is 1. The van der Waals surface area contributed by atoms with Gasteiger partial charge in [0.2, 0.25) is 0 Å². The van der Waals surface area contributed by atoms with E-state index in [1.165, 1.54) is 0 Å². The lowest BCUT2D eigenvalue weighted by atomic mass is 10.1. The van der Waals surface area contributed by atoms with Crippen molar-refractivity contribution in [2.75, 3.05) is 33.4 Å². The van der Waals surface area contributed by atoms with Crippen molar-refractivity contribution in [2.45, 2.75) is 19.9 Å².